The van der Waals surface area contributed by atoms with Gasteiger partial charge in [-0.2, -0.15) is 0 Å². The number of fused-ring (bicyclic) bond motifs is 1. The van der Waals surface area contributed by atoms with Crippen molar-refractivity contribution in [3.8, 4) is 5.75 Å². The molecule has 0 bridgehead atoms. The number of hydrogen-bond donors (Lipinski definition) is 1. The number of amides is 2. The largest absolute Gasteiger partial charge is 0.476 e. The molecule has 2 aromatic carbocycles. The highest BCUT2D eigenvalue weighted by atomic mass is 19.1. The van der Waals surface area contributed by atoms with E-state index in [1.807, 2.05) is 0 Å². The van der Waals surface area contributed by atoms with Gasteiger partial charge in [-0.15, -0.1) is 0 Å². The van der Waals surface area contributed by atoms with Gasteiger partial charge in [0.25, 0.3) is 5.91 Å². The molecule has 1 unspecified atom stereocenters. The number of halogens is 2. The number of para-hydroxylation sites is 2. The Labute approximate surface area is 136 Å². The molecule has 2 amide bonds. The number of benzene rings is 2. The van der Waals surface area contributed by atoms with Crippen LogP contribution in [0.1, 0.15) is 6.92 Å². The third kappa shape index (κ3) is 3.05. The quantitative estimate of drug-likeness (QED) is 0.920. The van der Waals surface area contributed by atoms with E-state index in [4.69, 9.17) is 4.74 Å². The average molecular weight is 332 g/mol. The van der Waals surface area contributed by atoms with Crippen LogP contribution in [0.3, 0.4) is 0 Å². The van der Waals surface area contributed by atoms with Gasteiger partial charge in [-0.1, -0.05) is 12.1 Å². The van der Waals surface area contributed by atoms with Crippen LogP contribution in [0.4, 0.5) is 20.2 Å². The molecular formula is C17H14F2N2O3. The lowest BCUT2D eigenvalue weighted by Crippen LogP contribution is -2.48. The van der Waals surface area contributed by atoms with E-state index in [9.17, 15) is 18.4 Å². The maximum Gasteiger partial charge on any atom is 0.267 e. The van der Waals surface area contributed by atoms with Crippen LogP contribution >= 0.6 is 0 Å². The molecule has 24 heavy (non-hydrogen) atoms. The van der Waals surface area contributed by atoms with Crippen LogP contribution < -0.4 is 15.0 Å². The highest BCUT2D eigenvalue weighted by molar-refractivity contribution is 5.99. The smallest absolute Gasteiger partial charge is 0.267 e. The molecule has 0 radical (unpaired) electrons. The summed E-state index contributed by atoms with van der Waals surface area (Å²) in [5.74, 6) is -1.98. The van der Waals surface area contributed by atoms with Crippen LogP contribution in [0, 0.1) is 11.6 Å². The molecule has 0 fully saturated rings. The van der Waals surface area contributed by atoms with E-state index in [0.29, 0.717) is 11.4 Å². The molecule has 0 saturated heterocycles. The number of ether oxygens (including phenoxy) is 1. The minimum Gasteiger partial charge on any atom is -0.476 e. The fourth-order valence-corrected chi connectivity index (χ4v) is 2.48. The second-order valence-corrected chi connectivity index (χ2v) is 5.32. The molecule has 5 nitrogen and oxygen atoms in total. The van der Waals surface area contributed by atoms with Gasteiger partial charge >= 0.3 is 0 Å². The molecule has 0 aliphatic carbocycles. The molecule has 1 aliphatic heterocycles. The fraction of sp³-hybridized carbons (Fsp3) is 0.176. The second-order valence-electron chi connectivity index (χ2n) is 5.32. The molecule has 1 atom stereocenters. The minimum atomic E-state index is -1.04. The SMILES string of the molecule is CC(=O)N1CC(C(=O)Nc2cc(F)ccc2F)Oc2ccccc21. The Balaban J connectivity index is 1.84. The normalized spacial score (nSPS) is 16.1. The van der Waals surface area contributed by atoms with Gasteiger partial charge in [0, 0.05) is 13.0 Å². The Bertz CT molecular complexity index is 810. The predicted octanol–water partition coefficient (Wildman–Crippen LogP) is 2.72. The molecule has 124 valence electrons. The van der Waals surface area contributed by atoms with Crippen molar-refractivity contribution in [3.63, 3.8) is 0 Å². The summed E-state index contributed by atoms with van der Waals surface area (Å²) in [6.45, 7) is 1.36. The van der Waals surface area contributed by atoms with Crippen molar-refractivity contribution in [2.24, 2.45) is 0 Å². The van der Waals surface area contributed by atoms with Gasteiger partial charge in [-0.05, 0) is 24.3 Å². The first-order valence-corrected chi connectivity index (χ1v) is 7.25. The maximum atomic E-state index is 13.7. The summed E-state index contributed by atoms with van der Waals surface area (Å²) in [5.41, 5.74) is 0.280. The van der Waals surface area contributed by atoms with Gasteiger partial charge in [-0.3, -0.25) is 9.59 Å². The Morgan fingerprint density at radius 2 is 1.96 bits per heavy atom. The van der Waals surface area contributed by atoms with Crippen LogP contribution in [0.15, 0.2) is 42.5 Å². The first-order chi connectivity index (χ1) is 11.5. The molecule has 7 heteroatoms. The van der Waals surface area contributed by atoms with Crippen molar-refractivity contribution >= 4 is 23.2 Å². The lowest BCUT2D eigenvalue weighted by Gasteiger charge is -2.33. The monoisotopic (exact) mass is 332 g/mol. The molecule has 1 N–H and O–H groups in total. The van der Waals surface area contributed by atoms with Crippen LogP contribution in [0.25, 0.3) is 0 Å². The first-order valence-electron chi connectivity index (χ1n) is 7.25. The van der Waals surface area contributed by atoms with Crippen molar-refractivity contribution in [1.29, 1.82) is 0 Å². The van der Waals surface area contributed by atoms with E-state index in [1.165, 1.54) is 11.8 Å². The van der Waals surface area contributed by atoms with Gasteiger partial charge in [0.15, 0.2) is 6.10 Å². The summed E-state index contributed by atoms with van der Waals surface area (Å²) < 4.78 is 32.5. The lowest BCUT2D eigenvalue weighted by molar-refractivity contribution is -0.123. The van der Waals surface area contributed by atoms with E-state index in [1.54, 1.807) is 24.3 Å². The molecule has 0 spiro atoms. The van der Waals surface area contributed by atoms with Crippen LogP contribution in [-0.4, -0.2) is 24.5 Å². The van der Waals surface area contributed by atoms with Gasteiger partial charge < -0.3 is 15.0 Å². The highest BCUT2D eigenvalue weighted by Crippen LogP contribution is 2.33. The zero-order valence-corrected chi connectivity index (χ0v) is 12.8. The zero-order valence-electron chi connectivity index (χ0n) is 12.8. The first kappa shape index (κ1) is 15.9. The summed E-state index contributed by atoms with van der Waals surface area (Å²) in [7, 11) is 0. The van der Waals surface area contributed by atoms with Gasteiger partial charge in [0.2, 0.25) is 5.91 Å². The van der Waals surface area contributed by atoms with Crippen molar-refractivity contribution < 1.29 is 23.1 Å². The number of nitrogens with zero attached hydrogens (tertiary/aromatic N) is 1. The van der Waals surface area contributed by atoms with Gasteiger partial charge in [-0.25, -0.2) is 8.78 Å². The molecule has 1 heterocycles. The minimum absolute atomic E-state index is 0.0187. The second kappa shape index (κ2) is 6.27. The molecule has 3 rings (SSSR count). The number of hydrogen-bond acceptors (Lipinski definition) is 3. The summed E-state index contributed by atoms with van der Waals surface area (Å²) in [6.07, 6.45) is -1.04. The molecule has 0 aromatic heterocycles. The van der Waals surface area contributed by atoms with Crippen LogP contribution in [0.2, 0.25) is 0 Å². The Hall–Kier alpha value is -2.96. The van der Waals surface area contributed by atoms with E-state index in [2.05, 4.69) is 5.32 Å². The van der Waals surface area contributed by atoms with E-state index < -0.39 is 23.6 Å². The number of anilines is 2. The van der Waals surface area contributed by atoms with Crippen molar-refractivity contribution in [1.82, 2.24) is 0 Å². The summed E-state index contributed by atoms with van der Waals surface area (Å²) in [6, 6.07) is 9.56. The molecular weight excluding hydrogens is 318 g/mol. The molecule has 1 aliphatic rings. The maximum absolute atomic E-state index is 13.7. The van der Waals surface area contributed by atoms with Crippen LogP contribution in [0.5, 0.6) is 5.75 Å². The van der Waals surface area contributed by atoms with Crippen molar-refractivity contribution in [2.45, 2.75) is 13.0 Å². The zero-order chi connectivity index (χ0) is 17.3. The predicted molar refractivity (Wildman–Crippen MR) is 83.9 cm³/mol. The van der Waals surface area contributed by atoms with Crippen molar-refractivity contribution in [2.75, 3.05) is 16.8 Å². The van der Waals surface area contributed by atoms with E-state index in [-0.39, 0.29) is 18.1 Å². The summed E-state index contributed by atoms with van der Waals surface area (Å²) in [5, 5.41) is 2.29. The van der Waals surface area contributed by atoms with Crippen LogP contribution in [-0.2, 0) is 9.59 Å². The third-order valence-corrected chi connectivity index (χ3v) is 3.63. The van der Waals surface area contributed by atoms with E-state index >= 15 is 0 Å². The third-order valence-electron chi connectivity index (χ3n) is 3.63. The molecule has 2 aromatic rings. The van der Waals surface area contributed by atoms with Gasteiger partial charge in [0.1, 0.15) is 17.4 Å². The summed E-state index contributed by atoms with van der Waals surface area (Å²) in [4.78, 5) is 25.6. The number of carbonyl (C=O) groups excluding carboxylic acids is 2. The highest BCUT2D eigenvalue weighted by Gasteiger charge is 2.32. The Morgan fingerprint density at radius 3 is 2.71 bits per heavy atom. The van der Waals surface area contributed by atoms with Gasteiger partial charge in [0.05, 0.1) is 17.9 Å². The number of nitrogens with one attached hydrogen (secondary N) is 1. The average Bonchev–Trinajstić information content (AvgIpc) is 2.57. The topological polar surface area (TPSA) is 58.6 Å². The lowest BCUT2D eigenvalue weighted by atomic mass is 10.1. The standard InChI is InChI=1S/C17H14F2N2O3/c1-10(22)21-9-16(24-15-5-3-2-4-14(15)21)17(23)20-13-8-11(18)6-7-12(13)19/h2-8,16H,9H2,1H3,(H,20,23). The van der Waals surface area contributed by atoms with Crippen molar-refractivity contribution in [3.05, 3.63) is 54.1 Å². The Kier molecular flexibility index (Phi) is 4.16. The molecule has 0 saturated carbocycles. The van der Waals surface area contributed by atoms with E-state index in [0.717, 1.165) is 18.2 Å². The fourth-order valence-electron chi connectivity index (χ4n) is 2.48. The number of rotatable bonds is 2. The Morgan fingerprint density at radius 1 is 1.21 bits per heavy atom. The number of carbonyl (C=O) groups is 2. The summed E-state index contributed by atoms with van der Waals surface area (Å²) >= 11 is 0.